The third-order valence-corrected chi connectivity index (χ3v) is 2.75. The van der Waals surface area contributed by atoms with Gasteiger partial charge in [-0.05, 0) is 44.0 Å². The smallest absolute Gasteiger partial charge is 0.348 e. The van der Waals surface area contributed by atoms with Gasteiger partial charge in [0.15, 0.2) is 0 Å². The predicted molar refractivity (Wildman–Crippen MR) is 67.4 cm³/mol. The zero-order valence-electron chi connectivity index (χ0n) is 8.91. The van der Waals surface area contributed by atoms with Gasteiger partial charge in [0.25, 0.3) is 0 Å². The average molecular weight is 289 g/mol. The van der Waals surface area contributed by atoms with E-state index in [9.17, 15) is 4.79 Å². The van der Waals surface area contributed by atoms with Crippen molar-refractivity contribution < 1.29 is 9.53 Å². The van der Waals surface area contributed by atoms with Gasteiger partial charge in [-0.15, -0.1) is 11.3 Å². The molecule has 0 bridgehead atoms. The van der Waals surface area contributed by atoms with Crippen LogP contribution in [0.5, 0.6) is 0 Å². The molecular formula is C11H13BrO2S. The molecule has 0 saturated heterocycles. The number of thiophene rings is 1. The van der Waals surface area contributed by atoms with Crippen LogP contribution >= 0.6 is 27.3 Å². The molecule has 1 aromatic heterocycles. The van der Waals surface area contributed by atoms with Crippen molar-refractivity contribution in [2.75, 3.05) is 0 Å². The summed E-state index contributed by atoms with van der Waals surface area (Å²) in [6.07, 6.45) is 1.89. The largest absolute Gasteiger partial charge is 0.456 e. The normalized spacial score (nSPS) is 12.0. The maximum Gasteiger partial charge on any atom is 0.348 e. The molecule has 0 aliphatic carbocycles. The van der Waals surface area contributed by atoms with Crippen molar-refractivity contribution in [3.63, 3.8) is 0 Å². The third-order valence-electron chi connectivity index (χ3n) is 1.45. The SMILES string of the molecule is CC(C)(C)OC(=O)c1ccc(/C=C/Br)s1. The fraction of sp³-hybridized carbons (Fsp3) is 0.364. The summed E-state index contributed by atoms with van der Waals surface area (Å²) in [6.45, 7) is 5.58. The maximum atomic E-state index is 11.6. The summed E-state index contributed by atoms with van der Waals surface area (Å²) in [6, 6.07) is 3.67. The summed E-state index contributed by atoms with van der Waals surface area (Å²) in [4.78, 5) is 15.0. The van der Waals surface area contributed by atoms with Crippen molar-refractivity contribution in [1.82, 2.24) is 0 Å². The zero-order valence-corrected chi connectivity index (χ0v) is 11.3. The highest BCUT2D eigenvalue weighted by Crippen LogP contribution is 2.21. The first kappa shape index (κ1) is 12.5. The first-order valence-electron chi connectivity index (χ1n) is 4.52. The van der Waals surface area contributed by atoms with E-state index in [1.165, 1.54) is 11.3 Å². The molecule has 0 aliphatic rings. The van der Waals surface area contributed by atoms with Crippen LogP contribution in [0.15, 0.2) is 17.1 Å². The average Bonchev–Trinajstić information content (AvgIpc) is 2.50. The highest BCUT2D eigenvalue weighted by atomic mass is 79.9. The monoisotopic (exact) mass is 288 g/mol. The summed E-state index contributed by atoms with van der Waals surface area (Å²) in [5.41, 5.74) is -0.438. The predicted octanol–water partition coefficient (Wildman–Crippen LogP) is 4.07. The molecule has 1 heterocycles. The van der Waals surface area contributed by atoms with Crippen LogP contribution in [0.1, 0.15) is 35.3 Å². The topological polar surface area (TPSA) is 26.3 Å². The highest BCUT2D eigenvalue weighted by molar-refractivity contribution is 9.11. The van der Waals surface area contributed by atoms with Crippen LogP contribution < -0.4 is 0 Å². The molecule has 0 saturated carbocycles. The Labute approximate surface area is 102 Å². The Morgan fingerprint density at radius 3 is 2.67 bits per heavy atom. The summed E-state index contributed by atoms with van der Waals surface area (Å²) in [5.74, 6) is -0.262. The van der Waals surface area contributed by atoms with Gasteiger partial charge in [-0.3, -0.25) is 0 Å². The molecule has 4 heteroatoms. The van der Waals surface area contributed by atoms with Crippen molar-refractivity contribution in [3.05, 3.63) is 26.9 Å². The number of halogens is 1. The van der Waals surface area contributed by atoms with Gasteiger partial charge in [0.1, 0.15) is 10.5 Å². The van der Waals surface area contributed by atoms with Crippen molar-refractivity contribution in [2.24, 2.45) is 0 Å². The number of hydrogen-bond acceptors (Lipinski definition) is 3. The Morgan fingerprint density at radius 2 is 2.13 bits per heavy atom. The molecule has 0 N–H and O–H groups in total. The first-order valence-corrected chi connectivity index (χ1v) is 6.25. The van der Waals surface area contributed by atoms with Crippen molar-refractivity contribution in [1.29, 1.82) is 0 Å². The van der Waals surface area contributed by atoms with Gasteiger partial charge in [-0.2, -0.15) is 0 Å². The lowest BCUT2D eigenvalue weighted by Gasteiger charge is -2.18. The van der Waals surface area contributed by atoms with Gasteiger partial charge in [-0.25, -0.2) is 4.79 Å². The Balaban J connectivity index is 2.75. The molecule has 0 amide bonds. The number of carbonyl (C=O) groups is 1. The van der Waals surface area contributed by atoms with Gasteiger partial charge in [-0.1, -0.05) is 15.9 Å². The lowest BCUT2D eigenvalue weighted by molar-refractivity contribution is 0.00753. The van der Waals surface area contributed by atoms with Gasteiger partial charge in [0.2, 0.25) is 0 Å². The number of esters is 1. The van der Waals surface area contributed by atoms with Crippen LogP contribution in [-0.4, -0.2) is 11.6 Å². The second kappa shape index (κ2) is 4.94. The zero-order chi connectivity index (χ0) is 11.5. The van der Waals surface area contributed by atoms with Gasteiger partial charge in [0, 0.05) is 4.88 Å². The van der Waals surface area contributed by atoms with Crippen LogP contribution in [0.3, 0.4) is 0 Å². The molecule has 0 fully saturated rings. The number of hydrogen-bond donors (Lipinski definition) is 0. The summed E-state index contributed by atoms with van der Waals surface area (Å²) in [5, 5.41) is 0. The molecule has 0 spiro atoms. The number of carbonyl (C=O) groups excluding carboxylic acids is 1. The maximum absolute atomic E-state index is 11.6. The van der Waals surface area contributed by atoms with Crippen LogP contribution in [-0.2, 0) is 4.74 Å². The summed E-state index contributed by atoms with van der Waals surface area (Å²) >= 11 is 4.61. The Hall–Kier alpha value is -0.610. The molecule has 1 rings (SSSR count). The molecule has 1 aromatic rings. The minimum Gasteiger partial charge on any atom is -0.456 e. The van der Waals surface area contributed by atoms with Gasteiger partial charge in [0.05, 0.1) is 0 Å². The third kappa shape index (κ3) is 4.18. The highest BCUT2D eigenvalue weighted by Gasteiger charge is 2.18. The van der Waals surface area contributed by atoms with Gasteiger partial charge < -0.3 is 4.74 Å². The quantitative estimate of drug-likeness (QED) is 0.767. The summed E-state index contributed by atoms with van der Waals surface area (Å²) in [7, 11) is 0. The molecule has 2 nitrogen and oxygen atoms in total. The lowest BCUT2D eigenvalue weighted by atomic mass is 10.2. The minimum absolute atomic E-state index is 0.262. The van der Waals surface area contributed by atoms with E-state index in [-0.39, 0.29) is 5.97 Å². The second-order valence-electron chi connectivity index (χ2n) is 4.00. The molecule has 0 aromatic carbocycles. The molecule has 0 aliphatic heterocycles. The van der Waals surface area contributed by atoms with Crippen molar-refractivity contribution in [2.45, 2.75) is 26.4 Å². The van der Waals surface area contributed by atoms with E-state index < -0.39 is 5.60 Å². The lowest BCUT2D eigenvalue weighted by Crippen LogP contribution is -2.23. The van der Waals surface area contributed by atoms with E-state index >= 15 is 0 Å². The van der Waals surface area contributed by atoms with Crippen LogP contribution in [0, 0.1) is 0 Å². The Kier molecular flexibility index (Phi) is 4.11. The van der Waals surface area contributed by atoms with Crippen molar-refractivity contribution >= 4 is 39.3 Å². The van der Waals surface area contributed by atoms with Crippen LogP contribution in [0.25, 0.3) is 6.08 Å². The fourth-order valence-electron chi connectivity index (χ4n) is 0.943. The van der Waals surface area contributed by atoms with Crippen LogP contribution in [0.4, 0.5) is 0 Å². The Bertz CT molecular complexity index is 374. The van der Waals surface area contributed by atoms with E-state index in [1.54, 1.807) is 11.1 Å². The molecular weight excluding hydrogens is 276 g/mol. The molecule has 15 heavy (non-hydrogen) atoms. The standard InChI is InChI=1S/C11H13BrO2S/c1-11(2,3)14-10(13)9-5-4-8(15-9)6-7-12/h4-7H,1-3H3/b7-6+. The number of rotatable bonds is 2. The van der Waals surface area contributed by atoms with Crippen LogP contribution in [0.2, 0.25) is 0 Å². The Morgan fingerprint density at radius 1 is 1.47 bits per heavy atom. The summed E-state index contributed by atoms with van der Waals surface area (Å²) < 4.78 is 5.25. The first-order chi connectivity index (χ1) is 6.92. The molecule has 0 atom stereocenters. The molecule has 0 unspecified atom stereocenters. The number of ether oxygens (including phenoxy) is 1. The van der Waals surface area contributed by atoms with Crippen molar-refractivity contribution in [3.8, 4) is 0 Å². The molecule has 0 radical (unpaired) electrons. The molecule has 82 valence electrons. The van der Waals surface area contributed by atoms with E-state index in [1.807, 2.05) is 32.9 Å². The van der Waals surface area contributed by atoms with E-state index in [0.29, 0.717) is 4.88 Å². The second-order valence-corrected chi connectivity index (χ2v) is 5.64. The van der Waals surface area contributed by atoms with E-state index in [4.69, 9.17) is 4.74 Å². The van der Waals surface area contributed by atoms with E-state index in [0.717, 1.165) is 4.88 Å². The minimum atomic E-state index is -0.438. The van der Waals surface area contributed by atoms with Gasteiger partial charge >= 0.3 is 5.97 Å². The van der Waals surface area contributed by atoms with E-state index in [2.05, 4.69) is 15.9 Å². The fourth-order valence-corrected chi connectivity index (χ4v) is 2.19.